The second-order valence-electron chi connectivity index (χ2n) is 3.56. The molecule has 0 spiro atoms. The van der Waals surface area contributed by atoms with Crippen molar-refractivity contribution >= 4 is 16.3 Å². The summed E-state index contributed by atoms with van der Waals surface area (Å²) >= 11 is 0. The van der Waals surface area contributed by atoms with Crippen molar-refractivity contribution in [3.05, 3.63) is 65.1 Å². The summed E-state index contributed by atoms with van der Waals surface area (Å²) in [4.78, 5) is 11.3. The normalized spacial score (nSPS) is 10.9. The zero-order valence-electron chi connectivity index (χ0n) is 8.05. The monoisotopic (exact) mass is 195 g/mol. The van der Waals surface area contributed by atoms with Gasteiger partial charge in [0.05, 0.1) is 5.52 Å². The van der Waals surface area contributed by atoms with Crippen LogP contribution in [0.25, 0.3) is 16.3 Å². The minimum absolute atomic E-state index is 0.0475. The van der Waals surface area contributed by atoms with Crippen LogP contribution in [0.1, 0.15) is 0 Å². The lowest BCUT2D eigenvalue weighted by Gasteiger charge is -2.04. The van der Waals surface area contributed by atoms with E-state index in [4.69, 9.17) is 0 Å². The Morgan fingerprint density at radius 2 is 1.73 bits per heavy atom. The van der Waals surface area contributed by atoms with Crippen molar-refractivity contribution in [3.63, 3.8) is 0 Å². The van der Waals surface area contributed by atoms with Crippen LogP contribution in [0.4, 0.5) is 0 Å². The van der Waals surface area contributed by atoms with E-state index >= 15 is 0 Å². The van der Waals surface area contributed by atoms with Gasteiger partial charge in [0.1, 0.15) is 0 Å². The highest BCUT2D eigenvalue weighted by molar-refractivity contribution is 5.95. The molecular formula is C13H9NO. The topological polar surface area (TPSA) is 21.5 Å². The molecule has 3 rings (SSSR count). The second-order valence-corrected chi connectivity index (χ2v) is 3.56. The van der Waals surface area contributed by atoms with Gasteiger partial charge in [-0.2, -0.15) is 0 Å². The van der Waals surface area contributed by atoms with E-state index in [0.717, 1.165) is 16.3 Å². The van der Waals surface area contributed by atoms with E-state index in [0.29, 0.717) is 0 Å². The number of aromatic nitrogens is 1. The van der Waals surface area contributed by atoms with Crippen molar-refractivity contribution in [2.24, 2.45) is 0 Å². The lowest BCUT2D eigenvalue weighted by Crippen LogP contribution is -2.00. The molecule has 0 N–H and O–H groups in total. The Morgan fingerprint density at radius 1 is 0.933 bits per heavy atom. The molecule has 1 aromatic carbocycles. The summed E-state index contributed by atoms with van der Waals surface area (Å²) in [6.07, 6.45) is 3.77. The smallest absolute Gasteiger partial charge is 0.182 e. The third-order valence-corrected chi connectivity index (χ3v) is 2.61. The first kappa shape index (κ1) is 8.24. The van der Waals surface area contributed by atoms with Gasteiger partial charge in [-0.3, -0.25) is 4.79 Å². The Bertz CT molecular complexity index is 697. The number of benzene rings is 1. The SMILES string of the molecule is O=c1ccn2ccc3ccccc3c2c1. The summed E-state index contributed by atoms with van der Waals surface area (Å²) < 4.78 is 1.96. The van der Waals surface area contributed by atoms with Gasteiger partial charge in [0, 0.05) is 29.9 Å². The van der Waals surface area contributed by atoms with Crippen molar-refractivity contribution in [1.82, 2.24) is 4.40 Å². The van der Waals surface area contributed by atoms with Gasteiger partial charge < -0.3 is 4.40 Å². The zero-order chi connectivity index (χ0) is 10.3. The van der Waals surface area contributed by atoms with Crippen LogP contribution in [0.5, 0.6) is 0 Å². The van der Waals surface area contributed by atoms with Crippen LogP contribution < -0.4 is 5.43 Å². The van der Waals surface area contributed by atoms with Gasteiger partial charge in [-0.1, -0.05) is 24.3 Å². The van der Waals surface area contributed by atoms with Gasteiger partial charge in [-0.25, -0.2) is 0 Å². The van der Waals surface area contributed by atoms with Gasteiger partial charge in [0.2, 0.25) is 0 Å². The number of rotatable bonds is 0. The van der Waals surface area contributed by atoms with Gasteiger partial charge in [0.15, 0.2) is 5.43 Å². The second kappa shape index (κ2) is 2.95. The molecule has 0 saturated carbocycles. The van der Waals surface area contributed by atoms with Crippen LogP contribution in [0.2, 0.25) is 0 Å². The van der Waals surface area contributed by atoms with Crippen molar-refractivity contribution in [2.45, 2.75) is 0 Å². The first-order valence-corrected chi connectivity index (χ1v) is 4.84. The van der Waals surface area contributed by atoms with Gasteiger partial charge in [-0.05, 0) is 11.5 Å². The molecule has 15 heavy (non-hydrogen) atoms. The zero-order valence-corrected chi connectivity index (χ0v) is 8.05. The van der Waals surface area contributed by atoms with Crippen molar-refractivity contribution in [1.29, 1.82) is 0 Å². The quantitative estimate of drug-likeness (QED) is 0.505. The number of nitrogens with zero attached hydrogens (tertiary/aromatic N) is 1. The summed E-state index contributed by atoms with van der Waals surface area (Å²) in [5, 5.41) is 2.26. The maximum Gasteiger partial charge on any atom is 0.182 e. The molecule has 2 nitrogen and oxygen atoms in total. The first-order valence-electron chi connectivity index (χ1n) is 4.84. The first-order chi connectivity index (χ1) is 7.34. The van der Waals surface area contributed by atoms with E-state index < -0.39 is 0 Å². The summed E-state index contributed by atoms with van der Waals surface area (Å²) in [7, 11) is 0. The molecule has 0 unspecified atom stereocenters. The lowest BCUT2D eigenvalue weighted by atomic mass is 10.1. The minimum atomic E-state index is 0.0475. The average Bonchev–Trinajstić information content (AvgIpc) is 2.29. The lowest BCUT2D eigenvalue weighted by molar-refractivity contribution is 1.17. The third-order valence-electron chi connectivity index (χ3n) is 2.61. The number of pyridine rings is 2. The van der Waals surface area contributed by atoms with Gasteiger partial charge in [-0.15, -0.1) is 0 Å². The molecule has 0 amide bonds. The molecule has 2 heterocycles. The molecule has 0 radical (unpaired) electrons. The van der Waals surface area contributed by atoms with E-state index in [1.165, 1.54) is 0 Å². The van der Waals surface area contributed by atoms with Crippen LogP contribution in [-0.2, 0) is 0 Å². The molecule has 0 fully saturated rings. The molecule has 2 aromatic heterocycles. The van der Waals surface area contributed by atoms with Crippen LogP contribution in [-0.4, -0.2) is 4.40 Å². The highest BCUT2D eigenvalue weighted by atomic mass is 16.1. The fraction of sp³-hybridized carbons (Fsp3) is 0. The number of fused-ring (bicyclic) bond motifs is 3. The molecular weight excluding hydrogens is 186 g/mol. The number of hydrogen-bond donors (Lipinski definition) is 0. The van der Waals surface area contributed by atoms with Crippen LogP contribution in [0, 0.1) is 0 Å². The Morgan fingerprint density at radius 3 is 2.67 bits per heavy atom. The molecule has 0 aliphatic heterocycles. The summed E-state index contributed by atoms with van der Waals surface area (Å²) in [5.41, 5.74) is 1.01. The summed E-state index contributed by atoms with van der Waals surface area (Å²) in [6, 6.07) is 13.4. The number of hydrogen-bond acceptors (Lipinski definition) is 1. The Labute approximate surface area is 86.4 Å². The Balaban J connectivity index is 2.63. The largest absolute Gasteiger partial charge is 0.323 e. The molecule has 0 aliphatic rings. The van der Waals surface area contributed by atoms with Crippen molar-refractivity contribution < 1.29 is 0 Å². The molecule has 0 aliphatic carbocycles. The average molecular weight is 195 g/mol. The highest BCUT2D eigenvalue weighted by Crippen LogP contribution is 2.17. The van der Waals surface area contributed by atoms with E-state index in [2.05, 4.69) is 0 Å². The van der Waals surface area contributed by atoms with Crippen LogP contribution in [0.3, 0.4) is 0 Å². The summed E-state index contributed by atoms with van der Waals surface area (Å²) in [5.74, 6) is 0. The van der Waals surface area contributed by atoms with E-state index in [1.54, 1.807) is 18.3 Å². The van der Waals surface area contributed by atoms with Crippen LogP contribution >= 0.6 is 0 Å². The van der Waals surface area contributed by atoms with Gasteiger partial charge in [0.25, 0.3) is 0 Å². The maximum atomic E-state index is 11.3. The third kappa shape index (κ3) is 1.22. The minimum Gasteiger partial charge on any atom is -0.323 e. The Kier molecular flexibility index (Phi) is 1.62. The van der Waals surface area contributed by atoms with E-state index in [1.807, 2.05) is 40.9 Å². The standard InChI is InChI=1S/C13H9NO/c15-11-6-8-14-7-5-10-3-1-2-4-12(10)13(14)9-11/h1-9H. The molecule has 72 valence electrons. The molecule has 0 saturated heterocycles. The summed E-state index contributed by atoms with van der Waals surface area (Å²) in [6.45, 7) is 0. The fourth-order valence-electron chi connectivity index (χ4n) is 1.87. The Hall–Kier alpha value is -2.09. The predicted octanol–water partition coefficient (Wildman–Crippen LogP) is 2.45. The van der Waals surface area contributed by atoms with Crippen molar-refractivity contribution in [2.75, 3.05) is 0 Å². The molecule has 2 heteroatoms. The highest BCUT2D eigenvalue weighted by Gasteiger charge is 1.98. The van der Waals surface area contributed by atoms with Crippen LogP contribution in [0.15, 0.2) is 59.7 Å². The molecule has 3 aromatic rings. The van der Waals surface area contributed by atoms with E-state index in [-0.39, 0.29) is 5.43 Å². The fourth-order valence-corrected chi connectivity index (χ4v) is 1.87. The molecule has 0 atom stereocenters. The maximum absolute atomic E-state index is 11.3. The van der Waals surface area contributed by atoms with E-state index in [9.17, 15) is 4.79 Å². The predicted molar refractivity (Wildman–Crippen MR) is 61.2 cm³/mol. The molecule has 0 bridgehead atoms. The van der Waals surface area contributed by atoms with Crippen molar-refractivity contribution in [3.8, 4) is 0 Å². The van der Waals surface area contributed by atoms with Gasteiger partial charge >= 0.3 is 0 Å².